The zero-order chi connectivity index (χ0) is 22.9. The van der Waals surface area contributed by atoms with Gasteiger partial charge >= 0.3 is 6.18 Å². The van der Waals surface area contributed by atoms with Gasteiger partial charge in [-0.15, -0.1) is 0 Å². The fourth-order valence-corrected chi connectivity index (χ4v) is 3.40. The molecular formula is C20H18F5N5O. The maximum atomic E-state index is 13.9. The number of pyridine rings is 1. The lowest BCUT2D eigenvalue weighted by molar-refractivity contribution is -0.149. The van der Waals surface area contributed by atoms with Gasteiger partial charge in [0.15, 0.2) is 0 Å². The predicted molar refractivity (Wildman–Crippen MR) is 102 cm³/mol. The van der Waals surface area contributed by atoms with Gasteiger partial charge in [-0.3, -0.25) is 4.79 Å². The first kappa shape index (κ1) is 22.4. The van der Waals surface area contributed by atoms with Crippen molar-refractivity contribution >= 4 is 11.6 Å². The number of rotatable bonds is 4. The van der Waals surface area contributed by atoms with Gasteiger partial charge in [0.2, 0.25) is 0 Å². The van der Waals surface area contributed by atoms with Crippen LogP contribution < -0.4 is 16.0 Å². The molecule has 0 aliphatic carbocycles. The maximum absolute atomic E-state index is 13.9. The minimum absolute atomic E-state index is 0.0522. The molecule has 0 radical (unpaired) electrons. The number of nitrogens with zero attached hydrogens (tertiary/aromatic N) is 3. The maximum Gasteiger partial charge on any atom is 0.408 e. The molecule has 2 atom stereocenters. The highest BCUT2D eigenvalue weighted by molar-refractivity contribution is 6.04. The van der Waals surface area contributed by atoms with E-state index >= 15 is 0 Å². The number of carbonyl (C=O) groups excluding carboxylic acids is 1. The van der Waals surface area contributed by atoms with Crippen molar-refractivity contribution in [2.75, 3.05) is 18.0 Å². The molecule has 1 unspecified atom stereocenters. The van der Waals surface area contributed by atoms with Crippen LogP contribution in [0.1, 0.15) is 29.4 Å². The molecule has 0 saturated carbocycles. The van der Waals surface area contributed by atoms with Crippen LogP contribution in [0.5, 0.6) is 0 Å². The summed E-state index contributed by atoms with van der Waals surface area (Å²) >= 11 is 0. The molecule has 2 aromatic rings. The van der Waals surface area contributed by atoms with E-state index in [9.17, 15) is 32.0 Å². The molecule has 6 nitrogen and oxygen atoms in total. The monoisotopic (exact) mass is 439 g/mol. The number of carbonyl (C=O) groups is 1. The molecule has 11 heteroatoms. The number of hydrogen-bond acceptors (Lipinski definition) is 5. The number of nitrogens with one attached hydrogen (secondary N) is 1. The molecule has 1 fully saturated rings. The second kappa shape index (κ2) is 8.47. The van der Waals surface area contributed by atoms with Gasteiger partial charge < -0.3 is 16.0 Å². The Labute approximate surface area is 174 Å². The van der Waals surface area contributed by atoms with Crippen LogP contribution in [0.2, 0.25) is 0 Å². The van der Waals surface area contributed by atoms with E-state index < -0.39 is 29.8 Å². The second-order valence-electron chi connectivity index (χ2n) is 7.25. The van der Waals surface area contributed by atoms with Crippen molar-refractivity contribution in [1.29, 1.82) is 5.26 Å². The number of amides is 1. The van der Waals surface area contributed by atoms with E-state index in [2.05, 4.69) is 4.98 Å². The summed E-state index contributed by atoms with van der Waals surface area (Å²) in [5, 5.41) is 11.4. The molecule has 1 saturated heterocycles. The first-order valence-corrected chi connectivity index (χ1v) is 9.29. The molecule has 3 rings (SSSR count). The first-order chi connectivity index (χ1) is 14.5. The number of nitrogens with two attached hydrogens (primary N) is 1. The Balaban J connectivity index is 2.22. The van der Waals surface area contributed by atoms with Gasteiger partial charge in [-0.2, -0.15) is 18.4 Å². The predicted octanol–water partition coefficient (Wildman–Crippen LogP) is 3.12. The van der Waals surface area contributed by atoms with Gasteiger partial charge in [-0.25, -0.2) is 13.8 Å². The van der Waals surface area contributed by atoms with E-state index in [1.807, 2.05) is 11.4 Å². The van der Waals surface area contributed by atoms with Crippen LogP contribution in [0, 0.1) is 23.0 Å². The molecule has 1 aromatic carbocycles. The van der Waals surface area contributed by atoms with Crippen LogP contribution in [0.4, 0.5) is 27.6 Å². The van der Waals surface area contributed by atoms with Crippen LogP contribution >= 0.6 is 0 Å². The Morgan fingerprint density at radius 2 is 1.97 bits per heavy atom. The molecular weight excluding hydrogens is 421 g/mol. The standard InChI is InChI=1S/C20H18F5N5O/c1-10(20(23,24)25)29-19(31)15-8-28-16(7-26)17(11-4-12(21)6-13(22)5-11)18(15)30-3-2-14(27)9-30/h4-6,8,10,14H,2-3,9,27H2,1H3,(H,29,31)/t10-,14?/m0/s1. The Kier molecular flexibility index (Phi) is 6.13. The summed E-state index contributed by atoms with van der Waals surface area (Å²) in [6, 6.07) is 1.92. The second-order valence-corrected chi connectivity index (χ2v) is 7.25. The van der Waals surface area contributed by atoms with Crippen LogP contribution in [-0.4, -0.2) is 42.2 Å². The Morgan fingerprint density at radius 3 is 2.48 bits per heavy atom. The Hall–Kier alpha value is -3.26. The average Bonchev–Trinajstić information content (AvgIpc) is 3.11. The van der Waals surface area contributed by atoms with Crippen molar-refractivity contribution in [2.45, 2.75) is 31.6 Å². The van der Waals surface area contributed by atoms with Crippen molar-refractivity contribution in [3.8, 4) is 17.2 Å². The summed E-state index contributed by atoms with van der Waals surface area (Å²) in [4.78, 5) is 18.2. The van der Waals surface area contributed by atoms with Crippen molar-refractivity contribution in [1.82, 2.24) is 10.3 Å². The molecule has 2 heterocycles. The van der Waals surface area contributed by atoms with Crippen molar-refractivity contribution in [3.63, 3.8) is 0 Å². The van der Waals surface area contributed by atoms with E-state index in [0.29, 0.717) is 19.0 Å². The number of nitriles is 1. The van der Waals surface area contributed by atoms with E-state index in [1.165, 1.54) is 0 Å². The lowest BCUT2D eigenvalue weighted by Gasteiger charge is -2.26. The third-order valence-electron chi connectivity index (χ3n) is 4.93. The number of anilines is 1. The van der Waals surface area contributed by atoms with E-state index in [4.69, 9.17) is 5.73 Å². The third kappa shape index (κ3) is 4.74. The zero-order valence-corrected chi connectivity index (χ0v) is 16.3. The van der Waals surface area contributed by atoms with Gasteiger partial charge in [0, 0.05) is 37.0 Å². The van der Waals surface area contributed by atoms with Crippen molar-refractivity contribution in [3.05, 3.63) is 47.3 Å². The third-order valence-corrected chi connectivity index (χ3v) is 4.93. The van der Waals surface area contributed by atoms with Crippen LogP contribution in [0.3, 0.4) is 0 Å². The van der Waals surface area contributed by atoms with Gasteiger partial charge in [-0.05, 0) is 31.0 Å². The highest BCUT2D eigenvalue weighted by atomic mass is 19.4. The van der Waals surface area contributed by atoms with Crippen LogP contribution in [0.15, 0.2) is 24.4 Å². The molecule has 3 N–H and O–H groups in total. The van der Waals surface area contributed by atoms with Gasteiger partial charge in [0.05, 0.1) is 11.3 Å². The molecule has 1 aliphatic heterocycles. The smallest absolute Gasteiger partial charge is 0.369 e. The fraction of sp³-hybridized carbons (Fsp3) is 0.350. The highest BCUT2D eigenvalue weighted by Crippen LogP contribution is 2.38. The van der Waals surface area contributed by atoms with Crippen LogP contribution in [-0.2, 0) is 0 Å². The fourth-order valence-electron chi connectivity index (χ4n) is 3.40. The minimum Gasteiger partial charge on any atom is -0.369 e. The average molecular weight is 439 g/mol. The highest BCUT2D eigenvalue weighted by Gasteiger charge is 2.38. The summed E-state index contributed by atoms with van der Waals surface area (Å²) in [6.07, 6.45) is -3.18. The number of hydrogen-bond donors (Lipinski definition) is 2. The Morgan fingerprint density at radius 1 is 1.32 bits per heavy atom. The number of benzene rings is 1. The summed E-state index contributed by atoms with van der Waals surface area (Å²) in [5.74, 6) is -2.94. The molecule has 1 aromatic heterocycles. The topological polar surface area (TPSA) is 95.0 Å². The van der Waals surface area contributed by atoms with E-state index in [1.54, 1.807) is 4.90 Å². The SMILES string of the molecule is C[C@H](NC(=O)c1cnc(C#N)c(-c2cc(F)cc(F)c2)c1N1CCC(N)C1)C(F)(F)F. The lowest BCUT2D eigenvalue weighted by Crippen LogP contribution is -2.43. The van der Waals surface area contributed by atoms with Crippen LogP contribution in [0.25, 0.3) is 11.1 Å². The normalized spacial score (nSPS) is 17.4. The minimum atomic E-state index is -4.68. The quantitative estimate of drug-likeness (QED) is 0.714. The summed E-state index contributed by atoms with van der Waals surface area (Å²) in [7, 11) is 0. The number of alkyl halides is 3. The Bertz CT molecular complexity index is 1030. The molecule has 164 valence electrons. The van der Waals surface area contributed by atoms with E-state index in [0.717, 1.165) is 25.3 Å². The lowest BCUT2D eigenvalue weighted by atomic mass is 9.97. The summed E-state index contributed by atoms with van der Waals surface area (Å²) in [5.41, 5.74) is 5.37. The molecule has 0 spiro atoms. The van der Waals surface area contributed by atoms with Crippen molar-refractivity contribution < 1.29 is 26.7 Å². The summed E-state index contributed by atoms with van der Waals surface area (Å²) < 4.78 is 66.6. The number of aromatic nitrogens is 1. The van der Waals surface area contributed by atoms with Crippen molar-refractivity contribution in [2.24, 2.45) is 5.73 Å². The molecule has 1 aliphatic rings. The van der Waals surface area contributed by atoms with Gasteiger partial charge in [-0.1, -0.05) is 0 Å². The molecule has 0 bridgehead atoms. The van der Waals surface area contributed by atoms with Gasteiger partial charge in [0.25, 0.3) is 5.91 Å². The number of halogens is 5. The molecule has 1 amide bonds. The largest absolute Gasteiger partial charge is 0.408 e. The summed E-state index contributed by atoms with van der Waals surface area (Å²) in [6.45, 7) is 1.34. The zero-order valence-electron chi connectivity index (χ0n) is 16.3. The van der Waals surface area contributed by atoms with E-state index in [-0.39, 0.29) is 40.7 Å². The van der Waals surface area contributed by atoms with Gasteiger partial charge in [0.1, 0.15) is 29.4 Å². The first-order valence-electron chi connectivity index (χ1n) is 9.29. The molecule has 31 heavy (non-hydrogen) atoms.